The lowest BCUT2D eigenvalue weighted by molar-refractivity contribution is 0.317. The van der Waals surface area contributed by atoms with Crippen molar-refractivity contribution in [1.29, 1.82) is 0 Å². The zero-order chi connectivity index (χ0) is 14.8. The molecule has 0 aliphatic rings. The van der Waals surface area contributed by atoms with Gasteiger partial charge in [0.05, 0.1) is 17.6 Å². The summed E-state index contributed by atoms with van der Waals surface area (Å²) in [5.41, 5.74) is 8.69. The van der Waals surface area contributed by atoms with Crippen molar-refractivity contribution in [2.24, 2.45) is 0 Å². The molecule has 21 heavy (non-hydrogen) atoms. The minimum absolute atomic E-state index is 0.439. The zero-order valence-electron chi connectivity index (χ0n) is 11.7. The smallest absolute Gasteiger partial charge is 0.205 e. The van der Waals surface area contributed by atoms with E-state index in [4.69, 9.17) is 22.1 Å². The first-order valence-electron chi connectivity index (χ1n) is 6.85. The first-order chi connectivity index (χ1) is 10.2. The fourth-order valence-corrected chi connectivity index (χ4v) is 2.42. The number of nitrogens with zero attached hydrogens (tertiary/aromatic N) is 2. The summed E-state index contributed by atoms with van der Waals surface area (Å²) in [6, 6.07) is 13.4. The van der Waals surface area contributed by atoms with Crippen molar-refractivity contribution >= 4 is 28.6 Å². The van der Waals surface area contributed by atoms with Gasteiger partial charge in [-0.15, -0.1) is 0 Å². The summed E-state index contributed by atoms with van der Waals surface area (Å²) in [5, 5.41) is 0.649. The summed E-state index contributed by atoms with van der Waals surface area (Å²) in [5.74, 6) is 1.29. The lowest BCUT2D eigenvalue weighted by Gasteiger charge is -2.09. The summed E-state index contributed by atoms with van der Waals surface area (Å²) in [6.45, 7) is 2.80. The van der Waals surface area contributed by atoms with Crippen molar-refractivity contribution in [2.45, 2.75) is 13.3 Å². The van der Waals surface area contributed by atoms with Crippen LogP contribution in [0, 0.1) is 0 Å². The molecule has 0 bridgehead atoms. The van der Waals surface area contributed by atoms with Crippen molar-refractivity contribution in [3.63, 3.8) is 0 Å². The van der Waals surface area contributed by atoms with Crippen molar-refractivity contribution < 1.29 is 4.74 Å². The minimum Gasteiger partial charge on any atom is -0.494 e. The van der Waals surface area contributed by atoms with Gasteiger partial charge in [0.15, 0.2) is 0 Å². The number of halogens is 1. The molecule has 3 aromatic rings. The molecule has 0 atom stereocenters. The van der Waals surface area contributed by atoms with Crippen molar-refractivity contribution in [3.05, 3.63) is 47.5 Å². The van der Waals surface area contributed by atoms with Gasteiger partial charge in [0.2, 0.25) is 5.95 Å². The summed E-state index contributed by atoms with van der Waals surface area (Å²) in [7, 11) is 0. The van der Waals surface area contributed by atoms with E-state index < -0.39 is 0 Å². The SMILES string of the molecule is CCCOc1ccc(-n2c(N)nc3cc(Cl)ccc32)cc1. The molecule has 0 saturated carbocycles. The number of ether oxygens (including phenoxy) is 1. The van der Waals surface area contributed by atoms with Gasteiger partial charge in [-0.1, -0.05) is 18.5 Å². The van der Waals surface area contributed by atoms with Crippen LogP contribution in [0.1, 0.15) is 13.3 Å². The largest absolute Gasteiger partial charge is 0.494 e. The Morgan fingerprint density at radius 3 is 2.67 bits per heavy atom. The second-order valence-electron chi connectivity index (χ2n) is 4.78. The number of nitrogen functional groups attached to an aromatic ring is 1. The maximum atomic E-state index is 6.03. The first kappa shape index (κ1) is 13.8. The number of aromatic nitrogens is 2. The average molecular weight is 302 g/mol. The molecule has 0 amide bonds. The summed E-state index contributed by atoms with van der Waals surface area (Å²) in [4.78, 5) is 4.35. The number of benzene rings is 2. The van der Waals surface area contributed by atoms with Crippen LogP contribution in [-0.2, 0) is 0 Å². The molecule has 1 heterocycles. The quantitative estimate of drug-likeness (QED) is 0.791. The van der Waals surface area contributed by atoms with E-state index in [1.807, 2.05) is 47.0 Å². The first-order valence-corrected chi connectivity index (χ1v) is 7.23. The Morgan fingerprint density at radius 1 is 1.19 bits per heavy atom. The van der Waals surface area contributed by atoms with Crippen molar-refractivity contribution in [1.82, 2.24) is 9.55 Å². The van der Waals surface area contributed by atoms with Gasteiger partial charge in [0, 0.05) is 10.7 Å². The summed E-state index contributed by atoms with van der Waals surface area (Å²) < 4.78 is 7.49. The zero-order valence-corrected chi connectivity index (χ0v) is 12.5. The highest BCUT2D eigenvalue weighted by Crippen LogP contribution is 2.26. The monoisotopic (exact) mass is 301 g/mol. The molecule has 1 aromatic heterocycles. The second kappa shape index (κ2) is 5.66. The Kier molecular flexibility index (Phi) is 3.71. The molecule has 2 N–H and O–H groups in total. The topological polar surface area (TPSA) is 53.1 Å². The van der Waals surface area contributed by atoms with Gasteiger partial charge in [0.1, 0.15) is 5.75 Å². The van der Waals surface area contributed by atoms with Crippen LogP contribution in [0.5, 0.6) is 5.75 Å². The highest BCUT2D eigenvalue weighted by atomic mass is 35.5. The number of anilines is 1. The van der Waals surface area contributed by atoms with Gasteiger partial charge >= 0.3 is 0 Å². The van der Waals surface area contributed by atoms with Crippen LogP contribution in [0.3, 0.4) is 0 Å². The van der Waals surface area contributed by atoms with E-state index in [2.05, 4.69) is 11.9 Å². The highest BCUT2D eigenvalue weighted by Gasteiger charge is 2.10. The average Bonchev–Trinajstić information content (AvgIpc) is 2.80. The van der Waals surface area contributed by atoms with Crippen LogP contribution >= 0.6 is 11.6 Å². The van der Waals surface area contributed by atoms with Crippen LogP contribution < -0.4 is 10.5 Å². The number of fused-ring (bicyclic) bond motifs is 1. The van der Waals surface area contributed by atoms with E-state index in [1.165, 1.54) is 0 Å². The van der Waals surface area contributed by atoms with E-state index in [-0.39, 0.29) is 0 Å². The normalized spacial score (nSPS) is 11.0. The molecular formula is C16H16ClN3O. The van der Waals surface area contributed by atoms with Gasteiger partial charge in [-0.3, -0.25) is 4.57 Å². The summed E-state index contributed by atoms with van der Waals surface area (Å²) >= 11 is 5.99. The van der Waals surface area contributed by atoms with Gasteiger partial charge in [-0.25, -0.2) is 4.98 Å². The number of hydrogen-bond donors (Lipinski definition) is 1. The van der Waals surface area contributed by atoms with E-state index in [1.54, 1.807) is 0 Å². The van der Waals surface area contributed by atoms with Gasteiger partial charge < -0.3 is 10.5 Å². The summed E-state index contributed by atoms with van der Waals surface area (Å²) in [6.07, 6.45) is 0.988. The third-order valence-corrected chi connectivity index (χ3v) is 3.45. The van der Waals surface area contributed by atoms with Gasteiger partial charge in [-0.05, 0) is 48.9 Å². The molecule has 0 fully saturated rings. The predicted molar refractivity (Wildman–Crippen MR) is 86.3 cm³/mol. The number of imidazole rings is 1. The molecule has 4 nitrogen and oxygen atoms in total. The molecule has 0 spiro atoms. The molecule has 5 heteroatoms. The molecule has 0 saturated heterocycles. The molecule has 108 valence electrons. The lowest BCUT2D eigenvalue weighted by atomic mass is 10.2. The molecule has 0 aliphatic carbocycles. The van der Waals surface area contributed by atoms with Crippen LogP contribution in [0.2, 0.25) is 5.02 Å². The number of hydrogen-bond acceptors (Lipinski definition) is 3. The predicted octanol–water partition coefficient (Wildman–Crippen LogP) is 4.05. The standard InChI is InChI=1S/C16H16ClN3O/c1-2-9-21-13-6-4-12(5-7-13)20-15-8-3-11(17)10-14(15)19-16(20)18/h3-8,10H,2,9H2,1H3,(H2,18,19). The molecule has 2 aromatic carbocycles. The van der Waals surface area contributed by atoms with Crippen molar-refractivity contribution in [2.75, 3.05) is 12.3 Å². The molecule has 3 rings (SSSR count). The van der Waals surface area contributed by atoms with E-state index >= 15 is 0 Å². The molecular weight excluding hydrogens is 286 g/mol. The maximum absolute atomic E-state index is 6.03. The van der Waals surface area contributed by atoms with Crippen LogP contribution in [0.4, 0.5) is 5.95 Å². The Labute approximate surface area is 128 Å². The Bertz CT molecular complexity index is 765. The van der Waals surface area contributed by atoms with Gasteiger partial charge in [0.25, 0.3) is 0 Å². The Hall–Kier alpha value is -2.20. The molecule has 0 unspecified atom stereocenters. The van der Waals surface area contributed by atoms with Gasteiger partial charge in [-0.2, -0.15) is 0 Å². The Morgan fingerprint density at radius 2 is 1.95 bits per heavy atom. The Balaban J connectivity index is 2.01. The second-order valence-corrected chi connectivity index (χ2v) is 5.22. The van der Waals surface area contributed by atoms with E-state index in [9.17, 15) is 0 Å². The third-order valence-electron chi connectivity index (χ3n) is 3.21. The minimum atomic E-state index is 0.439. The van der Waals surface area contributed by atoms with Crippen LogP contribution in [-0.4, -0.2) is 16.2 Å². The number of rotatable bonds is 4. The molecule has 0 radical (unpaired) electrons. The third kappa shape index (κ3) is 2.67. The lowest BCUT2D eigenvalue weighted by Crippen LogP contribution is -2.01. The van der Waals surface area contributed by atoms with Crippen LogP contribution in [0.15, 0.2) is 42.5 Å². The fraction of sp³-hybridized carbons (Fsp3) is 0.188. The van der Waals surface area contributed by atoms with Crippen LogP contribution in [0.25, 0.3) is 16.7 Å². The van der Waals surface area contributed by atoms with E-state index in [0.717, 1.165) is 28.9 Å². The number of nitrogens with two attached hydrogens (primary N) is 1. The van der Waals surface area contributed by atoms with E-state index in [0.29, 0.717) is 17.6 Å². The highest BCUT2D eigenvalue weighted by molar-refractivity contribution is 6.31. The van der Waals surface area contributed by atoms with Crippen molar-refractivity contribution in [3.8, 4) is 11.4 Å². The maximum Gasteiger partial charge on any atom is 0.205 e. The fourth-order valence-electron chi connectivity index (χ4n) is 2.25. The molecule has 0 aliphatic heterocycles.